The van der Waals surface area contributed by atoms with Crippen molar-refractivity contribution in [2.24, 2.45) is 0 Å². The third-order valence-corrected chi connectivity index (χ3v) is 7.19. The van der Waals surface area contributed by atoms with Crippen molar-refractivity contribution in [1.82, 2.24) is 9.55 Å². The van der Waals surface area contributed by atoms with Crippen LogP contribution in [0.15, 0.2) is 15.8 Å². The number of phosphoric acid groups is 3. The molecule has 1 aromatic heterocycles. The number of ether oxygens (including phenoxy) is 1. The molecule has 0 amide bonds. The summed E-state index contributed by atoms with van der Waals surface area (Å²) in [5, 5.41) is 0. The number of carbonyl (C=O) groups excluding carboxylic acids is 1. The summed E-state index contributed by atoms with van der Waals surface area (Å²) in [5.41, 5.74) is -2.47. The van der Waals surface area contributed by atoms with Gasteiger partial charge in [-0.1, -0.05) is 0 Å². The number of halogens is 1. The minimum atomic E-state index is -5.78. The van der Waals surface area contributed by atoms with Crippen molar-refractivity contribution >= 4 is 29.8 Å². The molecule has 2 rings (SSSR count). The summed E-state index contributed by atoms with van der Waals surface area (Å²) in [5.74, 6) is -2.83. The van der Waals surface area contributed by atoms with Gasteiger partial charge >= 0.3 is 29.2 Å². The molecular weight excluding hydrogens is 484 g/mol. The highest BCUT2D eigenvalue weighted by Gasteiger charge is 2.46. The van der Waals surface area contributed by atoms with Gasteiger partial charge in [-0.3, -0.25) is 23.7 Å². The summed E-state index contributed by atoms with van der Waals surface area (Å²) < 4.78 is 64.8. The first-order valence-electron chi connectivity index (χ1n) is 7.50. The number of nitrogens with zero attached hydrogens (tertiary/aromatic N) is 1. The van der Waals surface area contributed by atoms with Gasteiger partial charge in [0.15, 0.2) is 6.29 Å². The second-order valence-electron chi connectivity index (χ2n) is 5.73. The molecule has 2 unspecified atom stereocenters. The summed E-state index contributed by atoms with van der Waals surface area (Å²) in [6.45, 7) is -1.38. The van der Waals surface area contributed by atoms with Crippen LogP contribution < -0.4 is 11.2 Å². The van der Waals surface area contributed by atoms with Gasteiger partial charge in [-0.25, -0.2) is 22.9 Å². The number of phosphoric ester groups is 1. The maximum atomic E-state index is 14.7. The molecule has 20 heteroatoms. The van der Waals surface area contributed by atoms with Crippen LogP contribution in [0.3, 0.4) is 0 Å². The lowest BCUT2D eigenvalue weighted by Gasteiger charge is -2.23. The fourth-order valence-electron chi connectivity index (χ4n) is 2.28. The lowest BCUT2D eigenvalue weighted by molar-refractivity contribution is -0.175. The molecule has 1 fully saturated rings. The standard InChI is InChI=1S/C10H14FN2O14P3/c11-10(5-24-29(20,21)27-30(22,23)26-28(17,18)19)2-1-7(25-10)13-3-6(4-14)8(15)12-9(13)16/h3-4,7H,1-2,5H2,(H,20,21)(H,22,23)(H,12,15,16)(H2,17,18,19)/t7-,10+/m1/s1. The van der Waals surface area contributed by atoms with Crippen molar-refractivity contribution in [3.05, 3.63) is 32.6 Å². The van der Waals surface area contributed by atoms with Gasteiger partial charge in [-0.2, -0.15) is 8.62 Å². The van der Waals surface area contributed by atoms with Crippen molar-refractivity contribution in [3.8, 4) is 0 Å². The van der Waals surface area contributed by atoms with Crippen LogP contribution in [-0.4, -0.2) is 47.9 Å². The van der Waals surface area contributed by atoms with E-state index in [-0.39, 0.29) is 12.7 Å². The van der Waals surface area contributed by atoms with Crippen LogP contribution in [-0.2, 0) is 31.6 Å². The predicted molar refractivity (Wildman–Crippen MR) is 89.7 cm³/mol. The van der Waals surface area contributed by atoms with Gasteiger partial charge in [0.25, 0.3) is 5.56 Å². The van der Waals surface area contributed by atoms with Crippen molar-refractivity contribution in [3.63, 3.8) is 0 Å². The fourth-order valence-corrected chi connectivity index (χ4v) is 5.33. The third-order valence-electron chi connectivity index (χ3n) is 3.40. The molecular formula is C10H14FN2O14P3. The zero-order valence-electron chi connectivity index (χ0n) is 14.4. The zero-order chi connectivity index (χ0) is 23.0. The molecule has 4 atom stereocenters. The number of aromatic amines is 1. The Kier molecular flexibility index (Phi) is 7.18. The van der Waals surface area contributed by atoms with Gasteiger partial charge < -0.3 is 24.3 Å². The van der Waals surface area contributed by atoms with E-state index < -0.39 is 65.4 Å². The molecule has 0 spiro atoms. The first-order chi connectivity index (χ1) is 13.5. The maximum absolute atomic E-state index is 14.7. The number of H-pyrrole nitrogens is 1. The molecule has 170 valence electrons. The Balaban J connectivity index is 2.07. The second kappa shape index (κ2) is 8.65. The van der Waals surface area contributed by atoms with Gasteiger partial charge in [-0.15, -0.1) is 0 Å². The average Bonchev–Trinajstić information content (AvgIpc) is 2.93. The van der Waals surface area contributed by atoms with Gasteiger partial charge in [0, 0.05) is 12.6 Å². The maximum Gasteiger partial charge on any atom is 0.490 e. The summed E-state index contributed by atoms with van der Waals surface area (Å²) in [6.07, 6.45) is -1.16. The first kappa shape index (κ1) is 24.9. The highest BCUT2D eigenvalue weighted by atomic mass is 31.3. The summed E-state index contributed by atoms with van der Waals surface area (Å²) in [4.78, 5) is 71.0. The second-order valence-corrected chi connectivity index (χ2v) is 10.1. The lowest BCUT2D eigenvalue weighted by atomic mass is 10.2. The van der Waals surface area contributed by atoms with E-state index in [1.165, 1.54) is 0 Å². The van der Waals surface area contributed by atoms with E-state index in [4.69, 9.17) is 19.4 Å². The van der Waals surface area contributed by atoms with Crippen molar-refractivity contribution in [1.29, 1.82) is 0 Å². The van der Waals surface area contributed by atoms with E-state index in [1.807, 2.05) is 4.98 Å². The van der Waals surface area contributed by atoms with E-state index in [1.54, 1.807) is 0 Å². The Morgan fingerprint density at radius 2 is 1.87 bits per heavy atom. The number of hydrogen-bond donors (Lipinski definition) is 5. The SMILES string of the molecule is O=Cc1cn([C@H]2CC[C@@](F)(COP(=O)(O)OP(=O)(O)OP(=O)(O)O)O2)c(=O)[nH]c1=O. The monoisotopic (exact) mass is 498 g/mol. The van der Waals surface area contributed by atoms with Crippen LogP contribution in [0.2, 0.25) is 0 Å². The molecule has 0 radical (unpaired) electrons. The minimum Gasteiger partial charge on any atom is -0.320 e. The summed E-state index contributed by atoms with van der Waals surface area (Å²) >= 11 is 0. The molecule has 0 bridgehead atoms. The summed E-state index contributed by atoms with van der Waals surface area (Å²) in [6, 6.07) is 0. The number of aldehydes is 1. The van der Waals surface area contributed by atoms with Crippen LogP contribution in [0, 0.1) is 0 Å². The van der Waals surface area contributed by atoms with Gasteiger partial charge in [0.05, 0.1) is 5.56 Å². The topological polar surface area (TPSA) is 241 Å². The van der Waals surface area contributed by atoms with Crippen LogP contribution in [0.1, 0.15) is 29.4 Å². The Bertz CT molecular complexity index is 1080. The number of rotatable bonds is 9. The normalized spacial score (nSPS) is 26.1. The van der Waals surface area contributed by atoms with Gasteiger partial charge in [-0.05, 0) is 6.42 Å². The lowest BCUT2D eigenvalue weighted by Crippen LogP contribution is -2.35. The van der Waals surface area contributed by atoms with E-state index >= 15 is 0 Å². The third kappa shape index (κ3) is 6.83. The van der Waals surface area contributed by atoms with Crippen molar-refractivity contribution in [2.75, 3.05) is 6.61 Å². The molecule has 1 aliphatic rings. The fraction of sp³-hybridized carbons (Fsp3) is 0.500. The number of aromatic nitrogens is 2. The minimum absolute atomic E-state index is 0.141. The highest BCUT2D eigenvalue weighted by molar-refractivity contribution is 7.66. The predicted octanol–water partition coefficient (Wildman–Crippen LogP) is -0.333. The zero-order valence-corrected chi connectivity index (χ0v) is 17.1. The smallest absolute Gasteiger partial charge is 0.320 e. The van der Waals surface area contributed by atoms with Gasteiger partial charge in [0.2, 0.25) is 5.85 Å². The molecule has 30 heavy (non-hydrogen) atoms. The first-order valence-corrected chi connectivity index (χ1v) is 12.0. The molecule has 5 N–H and O–H groups in total. The van der Waals surface area contributed by atoms with Gasteiger partial charge in [0.1, 0.15) is 12.8 Å². The summed E-state index contributed by atoms with van der Waals surface area (Å²) in [7, 11) is -16.9. The molecule has 0 aliphatic carbocycles. The Morgan fingerprint density at radius 3 is 2.43 bits per heavy atom. The molecule has 0 saturated carbocycles. The quantitative estimate of drug-likeness (QED) is 0.216. The largest absolute Gasteiger partial charge is 0.490 e. The molecule has 2 heterocycles. The molecule has 1 aliphatic heterocycles. The molecule has 1 aromatic rings. The molecule has 16 nitrogen and oxygen atoms in total. The Morgan fingerprint density at radius 1 is 1.23 bits per heavy atom. The van der Waals surface area contributed by atoms with Crippen molar-refractivity contribution < 1.29 is 60.3 Å². The van der Waals surface area contributed by atoms with Crippen LogP contribution in [0.25, 0.3) is 0 Å². The number of alkyl halides is 1. The van der Waals surface area contributed by atoms with E-state index in [9.17, 15) is 37.4 Å². The number of hydrogen-bond acceptors (Lipinski definition) is 10. The number of carbonyl (C=O) groups is 1. The molecule has 0 aromatic carbocycles. The highest BCUT2D eigenvalue weighted by Crippen LogP contribution is 2.66. The van der Waals surface area contributed by atoms with Crippen LogP contribution >= 0.6 is 23.5 Å². The van der Waals surface area contributed by atoms with E-state index in [2.05, 4.69) is 13.1 Å². The van der Waals surface area contributed by atoms with E-state index in [0.29, 0.717) is 4.57 Å². The molecule has 1 saturated heterocycles. The Hall–Kier alpha value is -1.35. The van der Waals surface area contributed by atoms with Crippen LogP contribution in [0.5, 0.6) is 0 Å². The Labute approximate surface area is 164 Å². The van der Waals surface area contributed by atoms with Crippen LogP contribution in [0.4, 0.5) is 4.39 Å². The van der Waals surface area contributed by atoms with Crippen molar-refractivity contribution in [2.45, 2.75) is 24.9 Å². The van der Waals surface area contributed by atoms with E-state index in [0.717, 1.165) is 6.20 Å². The number of nitrogens with one attached hydrogen (secondary N) is 1. The average molecular weight is 498 g/mol.